The molecule has 7 nitrogen and oxygen atoms in total. The number of carbonyl (C=O) groups is 1. The molecule has 0 aliphatic heterocycles. The maximum absolute atomic E-state index is 12.0. The van der Waals surface area contributed by atoms with Gasteiger partial charge in [-0.1, -0.05) is 0 Å². The molecule has 0 radical (unpaired) electrons. The number of hydrogen-bond donors (Lipinski definition) is 1. The van der Waals surface area contributed by atoms with Crippen molar-refractivity contribution in [1.29, 1.82) is 0 Å². The van der Waals surface area contributed by atoms with Crippen LogP contribution in [0.1, 0.15) is 17.0 Å². The van der Waals surface area contributed by atoms with Gasteiger partial charge in [0.1, 0.15) is 6.33 Å². The van der Waals surface area contributed by atoms with Gasteiger partial charge in [-0.2, -0.15) is 10.1 Å². The van der Waals surface area contributed by atoms with Gasteiger partial charge >= 0.3 is 0 Å². The second kappa shape index (κ2) is 4.97. The summed E-state index contributed by atoms with van der Waals surface area (Å²) in [7, 11) is 0. The Morgan fingerprint density at radius 3 is 3.00 bits per heavy atom. The number of nitrogens with one attached hydrogen (secondary N) is 1. The largest absolute Gasteiger partial charge is 0.302 e. The fourth-order valence-electron chi connectivity index (χ4n) is 2.02. The molecule has 0 saturated carbocycles. The molecule has 1 amide bonds. The Kier molecular flexibility index (Phi) is 3.15. The highest BCUT2D eigenvalue weighted by atomic mass is 32.1. The van der Waals surface area contributed by atoms with Gasteiger partial charge in [-0.15, -0.1) is 11.3 Å². The number of amides is 1. The molecule has 1 N–H and O–H groups in total. The molecule has 3 heterocycles. The van der Waals surface area contributed by atoms with Gasteiger partial charge in [0.2, 0.25) is 5.91 Å². The zero-order valence-corrected chi connectivity index (χ0v) is 11.8. The van der Waals surface area contributed by atoms with Crippen LogP contribution in [0.4, 0.5) is 5.13 Å². The van der Waals surface area contributed by atoms with Crippen LogP contribution in [-0.4, -0.2) is 30.5 Å². The summed E-state index contributed by atoms with van der Waals surface area (Å²) in [6.45, 7) is 3.77. The number of aromatic nitrogens is 5. The van der Waals surface area contributed by atoms with Crippen LogP contribution in [0.15, 0.2) is 17.9 Å². The molecule has 0 aliphatic carbocycles. The highest BCUT2D eigenvalue weighted by molar-refractivity contribution is 7.13. The number of rotatable bonds is 3. The van der Waals surface area contributed by atoms with Crippen LogP contribution >= 0.6 is 11.3 Å². The van der Waals surface area contributed by atoms with Crippen molar-refractivity contribution >= 4 is 28.2 Å². The number of thiazole rings is 1. The van der Waals surface area contributed by atoms with Crippen LogP contribution < -0.4 is 5.32 Å². The van der Waals surface area contributed by atoms with E-state index in [-0.39, 0.29) is 12.3 Å². The van der Waals surface area contributed by atoms with E-state index in [9.17, 15) is 4.79 Å². The first-order chi connectivity index (χ1) is 9.65. The van der Waals surface area contributed by atoms with Gasteiger partial charge in [-0.3, -0.25) is 4.79 Å². The lowest BCUT2D eigenvalue weighted by atomic mass is 10.1. The zero-order chi connectivity index (χ0) is 14.1. The lowest BCUT2D eigenvalue weighted by Crippen LogP contribution is -2.17. The van der Waals surface area contributed by atoms with Crippen molar-refractivity contribution < 1.29 is 4.79 Å². The molecule has 0 saturated heterocycles. The van der Waals surface area contributed by atoms with E-state index in [1.54, 1.807) is 10.7 Å². The Balaban J connectivity index is 1.88. The van der Waals surface area contributed by atoms with E-state index in [1.165, 1.54) is 17.7 Å². The molecule has 0 aliphatic rings. The van der Waals surface area contributed by atoms with Crippen molar-refractivity contribution in [3.05, 3.63) is 34.9 Å². The maximum Gasteiger partial charge on any atom is 0.252 e. The molecule has 8 heteroatoms. The van der Waals surface area contributed by atoms with Crippen LogP contribution in [0.2, 0.25) is 0 Å². The van der Waals surface area contributed by atoms with Crippen molar-refractivity contribution in [3.63, 3.8) is 0 Å². The van der Waals surface area contributed by atoms with Gasteiger partial charge in [-0.25, -0.2) is 14.5 Å². The Morgan fingerprint density at radius 2 is 2.25 bits per heavy atom. The molecule has 0 spiro atoms. The quantitative estimate of drug-likeness (QED) is 0.787. The lowest BCUT2D eigenvalue weighted by Gasteiger charge is -2.09. The fraction of sp³-hybridized carbons (Fsp3) is 0.250. The molecule has 3 aromatic rings. The second-order valence-corrected chi connectivity index (χ2v) is 5.19. The highest BCUT2D eigenvalue weighted by Crippen LogP contribution is 2.15. The van der Waals surface area contributed by atoms with Crippen molar-refractivity contribution in [2.45, 2.75) is 20.3 Å². The lowest BCUT2D eigenvalue weighted by molar-refractivity contribution is -0.115. The fourth-order valence-corrected chi connectivity index (χ4v) is 2.57. The average Bonchev–Trinajstić information content (AvgIpc) is 3.05. The molecule has 0 aromatic carbocycles. The predicted molar refractivity (Wildman–Crippen MR) is 74.7 cm³/mol. The summed E-state index contributed by atoms with van der Waals surface area (Å²) >= 11 is 1.39. The van der Waals surface area contributed by atoms with Crippen molar-refractivity contribution in [2.24, 2.45) is 0 Å². The summed E-state index contributed by atoms with van der Waals surface area (Å²) in [6.07, 6.45) is 3.34. The number of hydrogen-bond acceptors (Lipinski definition) is 6. The number of anilines is 1. The van der Waals surface area contributed by atoms with Crippen LogP contribution in [0.5, 0.6) is 0 Å². The van der Waals surface area contributed by atoms with Gasteiger partial charge in [0.25, 0.3) is 5.78 Å². The third-order valence-electron chi connectivity index (χ3n) is 3.00. The third-order valence-corrected chi connectivity index (χ3v) is 3.69. The van der Waals surface area contributed by atoms with E-state index in [4.69, 9.17) is 0 Å². The standard InChI is InChI=1S/C12H12N6OS/c1-7-9(5-10(19)17-12-13-3-4-20-12)8(2)18-11(16-7)14-6-15-18/h3-4,6H,5H2,1-2H3,(H,13,17,19). The van der Waals surface area contributed by atoms with Gasteiger partial charge in [0.05, 0.1) is 6.42 Å². The van der Waals surface area contributed by atoms with Crippen LogP contribution in [0.25, 0.3) is 5.78 Å². The van der Waals surface area contributed by atoms with Gasteiger partial charge in [0, 0.05) is 28.5 Å². The Hall–Kier alpha value is -2.35. The first-order valence-corrected chi connectivity index (χ1v) is 6.88. The zero-order valence-electron chi connectivity index (χ0n) is 11.0. The average molecular weight is 288 g/mol. The number of fused-ring (bicyclic) bond motifs is 1. The van der Waals surface area contributed by atoms with Gasteiger partial charge in [-0.05, 0) is 13.8 Å². The molecule has 20 heavy (non-hydrogen) atoms. The minimum atomic E-state index is -0.118. The minimum absolute atomic E-state index is 0.118. The highest BCUT2D eigenvalue weighted by Gasteiger charge is 2.14. The summed E-state index contributed by atoms with van der Waals surface area (Å²) in [5, 5.41) is 9.28. The van der Waals surface area contributed by atoms with Crippen LogP contribution in [0.3, 0.4) is 0 Å². The van der Waals surface area contributed by atoms with E-state index in [0.717, 1.165) is 17.0 Å². The smallest absolute Gasteiger partial charge is 0.252 e. The summed E-state index contributed by atoms with van der Waals surface area (Å²) in [5.41, 5.74) is 2.52. The number of carbonyl (C=O) groups excluding carboxylic acids is 1. The summed E-state index contributed by atoms with van der Waals surface area (Å²) in [6, 6.07) is 0. The monoisotopic (exact) mass is 288 g/mol. The third kappa shape index (κ3) is 2.25. The Labute approximate surface area is 118 Å². The van der Waals surface area contributed by atoms with E-state index < -0.39 is 0 Å². The van der Waals surface area contributed by atoms with E-state index in [0.29, 0.717) is 10.9 Å². The molecular weight excluding hydrogens is 276 g/mol. The minimum Gasteiger partial charge on any atom is -0.302 e. The van der Waals surface area contributed by atoms with Crippen molar-refractivity contribution in [2.75, 3.05) is 5.32 Å². The normalized spacial score (nSPS) is 10.9. The number of aryl methyl sites for hydroxylation is 2. The first-order valence-electron chi connectivity index (χ1n) is 6.00. The maximum atomic E-state index is 12.0. The molecule has 102 valence electrons. The summed E-state index contributed by atoms with van der Waals surface area (Å²) in [5.74, 6) is 0.427. The Bertz CT molecular complexity index is 764. The topological polar surface area (TPSA) is 85.1 Å². The molecule has 0 bridgehead atoms. The number of nitrogens with zero attached hydrogens (tertiary/aromatic N) is 5. The molecule has 3 rings (SSSR count). The molecule has 0 atom stereocenters. The summed E-state index contributed by atoms with van der Waals surface area (Å²) in [4.78, 5) is 24.5. The second-order valence-electron chi connectivity index (χ2n) is 4.30. The SMILES string of the molecule is Cc1nc2ncnn2c(C)c1CC(=O)Nc1nccs1. The van der Waals surface area contributed by atoms with Crippen LogP contribution in [0, 0.1) is 13.8 Å². The first kappa shape index (κ1) is 12.7. The molecular formula is C12H12N6OS. The van der Waals surface area contributed by atoms with Gasteiger partial charge < -0.3 is 5.32 Å². The van der Waals surface area contributed by atoms with E-state index in [1.807, 2.05) is 19.2 Å². The van der Waals surface area contributed by atoms with Crippen LogP contribution in [-0.2, 0) is 11.2 Å². The van der Waals surface area contributed by atoms with E-state index in [2.05, 4.69) is 25.4 Å². The van der Waals surface area contributed by atoms with Crippen molar-refractivity contribution in [3.8, 4) is 0 Å². The molecule has 3 aromatic heterocycles. The molecule has 0 fully saturated rings. The van der Waals surface area contributed by atoms with E-state index >= 15 is 0 Å². The summed E-state index contributed by atoms with van der Waals surface area (Å²) < 4.78 is 1.64. The molecule has 0 unspecified atom stereocenters. The van der Waals surface area contributed by atoms with Crippen molar-refractivity contribution in [1.82, 2.24) is 24.6 Å². The Morgan fingerprint density at radius 1 is 1.40 bits per heavy atom. The predicted octanol–water partition coefficient (Wildman–Crippen LogP) is 1.38. The van der Waals surface area contributed by atoms with Gasteiger partial charge in [0.15, 0.2) is 5.13 Å².